The smallest absolute Gasteiger partial charge is 0.242 e. The molecule has 0 bridgehead atoms. The molecule has 0 radical (unpaired) electrons. The zero-order valence-electron chi connectivity index (χ0n) is 11.2. The molecule has 0 saturated heterocycles. The number of hydrogen-bond donors (Lipinski definition) is 2. The van der Waals surface area contributed by atoms with Gasteiger partial charge in [-0.15, -0.1) is 0 Å². The fourth-order valence-electron chi connectivity index (χ4n) is 1.49. The van der Waals surface area contributed by atoms with Gasteiger partial charge in [-0.3, -0.25) is 4.21 Å². The van der Waals surface area contributed by atoms with Crippen molar-refractivity contribution in [3.8, 4) is 0 Å². The summed E-state index contributed by atoms with van der Waals surface area (Å²) in [6.45, 7) is 2.79. The van der Waals surface area contributed by atoms with Crippen LogP contribution in [0.25, 0.3) is 0 Å². The second kappa shape index (κ2) is 7.62. The van der Waals surface area contributed by atoms with Crippen LogP contribution < -0.4 is 10.0 Å². The number of anilines is 1. The molecule has 0 amide bonds. The first-order valence-electron chi connectivity index (χ1n) is 6.10. The number of hydrogen-bond acceptors (Lipinski definition) is 4. The van der Waals surface area contributed by atoms with Crippen LogP contribution in [0.15, 0.2) is 29.2 Å². The van der Waals surface area contributed by atoms with Gasteiger partial charge in [0.15, 0.2) is 0 Å². The molecule has 0 aromatic heterocycles. The summed E-state index contributed by atoms with van der Waals surface area (Å²) >= 11 is 0. The maximum absolute atomic E-state index is 12.1. The second-order valence-corrected chi connectivity index (χ2v) is 7.39. The van der Waals surface area contributed by atoms with E-state index in [0.29, 0.717) is 24.5 Å². The number of sulfonamides is 1. The van der Waals surface area contributed by atoms with Gasteiger partial charge in [-0.05, 0) is 18.6 Å². The molecule has 0 heterocycles. The highest BCUT2D eigenvalue weighted by Crippen LogP contribution is 2.20. The molecule has 0 aliphatic rings. The van der Waals surface area contributed by atoms with E-state index in [9.17, 15) is 12.6 Å². The molecule has 1 aromatic rings. The number of rotatable bonds is 8. The maximum atomic E-state index is 12.1. The Morgan fingerprint density at radius 2 is 1.89 bits per heavy atom. The van der Waals surface area contributed by atoms with Gasteiger partial charge in [0, 0.05) is 35.9 Å². The molecule has 5 nitrogen and oxygen atoms in total. The van der Waals surface area contributed by atoms with Gasteiger partial charge in [0.05, 0.1) is 5.69 Å². The van der Waals surface area contributed by atoms with Gasteiger partial charge in [0.25, 0.3) is 0 Å². The lowest BCUT2D eigenvalue weighted by Crippen LogP contribution is -2.25. The summed E-state index contributed by atoms with van der Waals surface area (Å²) in [4.78, 5) is 0.227. The van der Waals surface area contributed by atoms with Crippen molar-refractivity contribution in [1.82, 2.24) is 4.72 Å². The number of benzene rings is 1. The van der Waals surface area contributed by atoms with Crippen molar-refractivity contribution in [2.24, 2.45) is 0 Å². The Hall–Kier alpha value is -0.920. The molecule has 0 saturated carbocycles. The first kappa shape index (κ1) is 16.1. The van der Waals surface area contributed by atoms with E-state index < -0.39 is 20.8 Å². The minimum atomic E-state index is -3.49. The minimum Gasteiger partial charge on any atom is -0.383 e. The largest absolute Gasteiger partial charge is 0.383 e. The van der Waals surface area contributed by atoms with E-state index in [-0.39, 0.29) is 4.90 Å². The molecule has 1 aromatic carbocycles. The Balaban J connectivity index is 2.86. The van der Waals surface area contributed by atoms with Crippen LogP contribution in [-0.4, -0.2) is 37.7 Å². The van der Waals surface area contributed by atoms with Gasteiger partial charge < -0.3 is 5.32 Å². The quantitative estimate of drug-likeness (QED) is 0.756. The van der Waals surface area contributed by atoms with Crippen molar-refractivity contribution >= 4 is 26.5 Å². The molecular formula is C12H20N2O3S2. The normalized spacial score (nSPS) is 13.2. The molecule has 108 valence electrons. The van der Waals surface area contributed by atoms with Crippen molar-refractivity contribution in [3.63, 3.8) is 0 Å². The van der Waals surface area contributed by atoms with E-state index in [4.69, 9.17) is 0 Å². The lowest BCUT2D eigenvalue weighted by atomic mass is 10.3. The minimum absolute atomic E-state index is 0.227. The van der Waals surface area contributed by atoms with Gasteiger partial charge >= 0.3 is 0 Å². The van der Waals surface area contributed by atoms with E-state index >= 15 is 0 Å². The maximum Gasteiger partial charge on any atom is 0.242 e. The lowest BCUT2D eigenvalue weighted by Gasteiger charge is -2.12. The lowest BCUT2D eigenvalue weighted by molar-refractivity contribution is 0.581. The van der Waals surface area contributed by atoms with Crippen LogP contribution in [0.5, 0.6) is 0 Å². The van der Waals surface area contributed by atoms with Gasteiger partial charge in [0.2, 0.25) is 10.0 Å². The van der Waals surface area contributed by atoms with Crippen molar-refractivity contribution in [3.05, 3.63) is 24.3 Å². The predicted octanol–water partition coefficient (Wildman–Crippen LogP) is 1.17. The average molecular weight is 304 g/mol. The Kier molecular flexibility index (Phi) is 6.47. The van der Waals surface area contributed by atoms with E-state index in [1.54, 1.807) is 30.5 Å². The van der Waals surface area contributed by atoms with Crippen molar-refractivity contribution < 1.29 is 12.6 Å². The molecule has 19 heavy (non-hydrogen) atoms. The highest BCUT2D eigenvalue weighted by Gasteiger charge is 2.16. The van der Waals surface area contributed by atoms with Gasteiger partial charge in [0.1, 0.15) is 4.90 Å². The highest BCUT2D eigenvalue weighted by molar-refractivity contribution is 7.89. The van der Waals surface area contributed by atoms with Crippen molar-refractivity contribution in [2.45, 2.75) is 18.2 Å². The summed E-state index contributed by atoms with van der Waals surface area (Å²) in [5.41, 5.74) is 0.538. The van der Waals surface area contributed by atoms with Crippen LogP contribution >= 0.6 is 0 Å². The first-order valence-corrected chi connectivity index (χ1v) is 9.31. The van der Waals surface area contributed by atoms with Crippen LogP contribution in [-0.2, 0) is 20.8 Å². The summed E-state index contributed by atoms with van der Waals surface area (Å²) in [5, 5.41) is 3.01. The van der Waals surface area contributed by atoms with Crippen LogP contribution in [0.3, 0.4) is 0 Å². The monoisotopic (exact) mass is 304 g/mol. The first-order chi connectivity index (χ1) is 8.97. The predicted molar refractivity (Wildman–Crippen MR) is 79.3 cm³/mol. The Bertz CT molecular complexity index is 530. The second-order valence-electron chi connectivity index (χ2n) is 4.10. The van der Waals surface area contributed by atoms with Crippen LogP contribution in [0, 0.1) is 0 Å². The van der Waals surface area contributed by atoms with Crippen LogP contribution in [0.2, 0.25) is 0 Å². The molecule has 0 fully saturated rings. The SMILES string of the molecule is CCCNS(=O)(=O)c1ccccc1NCCS(C)=O. The summed E-state index contributed by atoms with van der Waals surface area (Å²) in [5.74, 6) is 0.483. The summed E-state index contributed by atoms with van der Waals surface area (Å²) in [6, 6.07) is 6.72. The molecule has 1 rings (SSSR count). The number of nitrogens with one attached hydrogen (secondary N) is 2. The molecule has 1 atom stereocenters. The Morgan fingerprint density at radius 3 is 2.53 bits per heavy atom. The molecule has 1 unspecified atom stereocenters. The van der Waals surface area contributed by atoms with Gasteiger partial charge in [-0.1, -0.05) is 19.1 Å². The Morgan fingerprint density at radius 1 is 1.21 bits per heavy atom. The van der Waals surface area contributed by atoms with Crippen molar-refractivity contribution in [2.75, 3.05) is 30.4 Å². The fraction of sp³-hybridized carbons (Fsp3) is 0.500. The summed E-state index contributed by atoms with van der Waals surface area (Å²) in [6.07, 6.45) is 2.36. The average Bonchev–Trinajstić information content (AvgIpc) is 2.36. The summed E-state index contributed by atoms with van der Waals surface area (Å²) < 4.78 is 37.7. The van der Waals surface area contributed by atoms with E-state index in [1.165, 1.54) is 0 Å². The third-order valence-corrected chi connectivity index (χ3v) is 4.72. The third-order valence-electron chi connectivity index (χ3n) is 2.42. The molecule has 0 aliphatic heterocycles. The van der Waals surface area contributed by atoms with Crippen LogP contribution in [0.1, 0.15) is 13.3 Å². The zero-order chi connectivity index (χ0) is 14.3. The molecule has 2 N–H and O–H groups in total. The highest BCUT2D eigenvalue weighted by atomic mass is 32.2. The molecular weight excluding hydrogens is 284 g/mol. The zero-order valence-corrected chi connectivity index (χ0v) is 12.8. The molecule has 0 spiro atoms. The number of para-hydroxylation sites is 1. The molecule has 0 aliphatic carbocycles. The van der Waals surface area contributed by atoms with Crippen molar-refractivity contribution in [1.29, 1.82) is 0 Å². The fourth-order valence-corrected chi connectivity index (χ4v) is 3.20. The summed E-state index contributed by atoms with van der Waals surface area (Å²) in [7, 11) is -4.39. The van der Waals surface area contributed by atoms with E-state index in [0.717, 1.165) is 6.42 Å². The standard InChI is InChI=1S/C12H20N2O3S2/c1-3-8-14-19(16,17)12-7-5-4-6-11(12)13-9-10-18(2)15/h4-7,13-14H,3,8-10H2,1-2H3. The Labute approximate surface area is 117 Å². The van der Waals surface area contributed by atoms with Gasteiger partial charge in [-0.25, -0.2) is 13.1 Å². The van der Waals surface area contributed by atoms with E-state index in [2.05, 4.69) is 10.0 Å². The van der Waals surface area contributed by atoms with Crippen LogP contribution in [0.4, 0.5) is 5.69 Å². The molecule has 7 heteroatoms. The topological polar surface area (TPSA) is 75.3 Å². The van der Waals surface area contributed by atoms with E-state index in [1.807, 2.05) is 6.92 Å². The third kappa shape index (κ3) is 5.30. The van der Waals surface area contributed by atoms with Gasteiger partial charge in [-0.2, -0.15) is 0 Å².